The molecule has 0 bridgehead atoms. The monoisotopic (exact) mass is 366 g/mol. The van der Waals surface area contributed by atoms with E-state index in [9.17, 15) is 4.79 Å². The first kappa shape index (κ1) is 19.6. The molecule has 1 saturated heterocycles. The Morgan fingerprint density at radius 1 is 0.963 bits per heavy atom. The van der Waals surface area contributed by atoms with E-state index in [0.717, 1.165) is 26.2 Å². The lowest BCUT2D eigenvalue weighted by molar-refractivity contribution is -0.155. The van der Waals surface area contributed by atoms with Crippen LogP contribution in [0, 0.1) is 0 Å². The van der Waals surface area contributed by atoms with Crippen molar-refractivity contribution in [3.05, 3.63) is 71.8 Å². The Morgan fingerprint density at radius 2 is 1.44 bits per heavy atom. The van der Waals surface area contributed by atoms with Crippen LogP contribution in [0.4, 0.5) is 0 Å². The van der Waals surface area contributed by atoms with Crippen molar-refractivity contribution in [1.82, 2.24) is 9.80 Å². The molecule has 1 atom stereocenters. The number of hydrogen-bond donors (Lipinski definition) is 0. The molecule has 2 aromatic carbocycles. The summed E-state index contributed by atoms with van der Waals surface area (Å²) < 4.78 is 5.51. The minimum absolute atomic E-state index is 0.100. The molecule has 144 valence electrons. The molecular weight excluding hydrogens is 336 g/mol. The van der Waals surface area contributed by atoms with E-state index in [-0.39, 0.29) is 11.9 Å². The fraction of sp³-hybridized carbons (Fsp3) is 0.435. The highest BCUT2D eigenvalue weighted by molar-refractivity contribution is 5.85. The number of nitrogens with zero attached hydrogens (tertiary/aromatic N) is 2. The van der Waals surface area contributed by atoms with Crippen LogP contribution in [0.1, 0.15) is 37.4 Å². The first-order valence-corrected chi connectivity index (χ1v) is 9.77. The van der Waals surface area contributed by atoms with Crippen molar-refractivity contribution in [3.8, 4) is 0 Å². The van der Waals surface area contributed by atoms with Gasteiger partial charge in [-0.1, -0.05) is 67.6 Å². The van der Waals surface area contributed by atoms with Gasteiger partial charge in [0.05, 0.1) is 6.04 Å². The van der Waals surface area contributed by atoms with E-state index in [1.54, 1.807) is 7.11 Å². The highest BCUT2D eigenvalue weighted by Crippen LogP contribution is 2.30. The molecular formula is C23H30N2O2. The Labute approximate surface area is 162 Å². The Hall–Kier alpha value is -2.17. The maximum Gasteiger partial charge on any atom is 0.254 e. The number of hydrogen-bond acceptors (Lipinski definition) is 3. The molecule has 1 aliphatic heterocycles. The minimum Gasteiger partial charge on any atom is -0.369 e. The van der Waals surface area contributed by atoms with E-state index in [1.165, 1.54) is 11.1 Å². The lowest BCUT2D eigenvalue weighted by atomic mass is 9.96. The molecule has 1 unspecified atom stereocenters. The average molecular weight is 367 g/mol. The molecule has 0 aliphatic carbocycles. The SMILES string of the molecule is CCC(C)(OC)C(=O)N1CCN(C(c2ccccc2)c2ccccc2)CC1. The molecule has 0 spiro atoms. The van der Waals surface area contributed by atoms with E-state index in [1.807, 2.05) is 18.7 Å². The lowest BCUT2D eigenvalue weighted by Gasteiger charge is -2.42. The molecule has 1 fully saturated rings. The second-order valence-corrected chi connectivity index (χ2v) is 7.34. The topological polar surface area (TPSA) is 32.8 Å². The number of benzene rings is 2. The van der Waals surface area contributed by atoms with E-state index in [0.29, 0.717) is 6.42 Å². The smallest absolute Gasteiger partial charge is 0.254 e. The van der Waals surface area contributed by atoms with Crippen LogP contribution < -0.4 is 0 Å². The van der Waals surface area contributed by atoms with E-state index in [4.69, 9.17) is 4.74 Å². The van der Waals surface area contributed by atoms with Gasteiger partial charge >= 0.3 is 0 Å². The van der Waals surface area contributed by atoms with Crippen molar-refractivity contribution in [2.75, 3.05) is 33.3 Å². The zero-order valence-electron chi connectivity index (χ0n) is 16.6. The van der Waals surface area contributed by atoms with Gasteiger partial charge in [-0.3, -0.25) is 9.69 Å². The number of piperazine rings is 1. The van der Waals surface area contributed by atoms with Crippen LogP contribution in [0.5, 0.6) is 0 Å². The second kappa shape index (κ2) is 8.68. The van der Waals surface area contributed by atoms with Crippen LogP contribution in [0.3, 0.4) is 0 Å². The van der Waals surface area contributed by atoms with Crippen molar-refractivity contribution < 1.29 is 9.53 Å². The van der Waals surface area contributed by atoms with E-state index in [2.05, 4.69) is 65.6 Å². The third kappa shape index (κ3) is 4.23. The van der Waals surface area contributed by atoms with Gasteiger partial charge in [0.15, 0.2) is 0 Å². The molecule has 4 heteroatoms. The summed E-state index contributed by atoms with van der Waals surface area (Å²) in [5, 5.41) is 0. The number of amides is 1. The molecule has 27 heavy (non-hydrogen) atoms. The molecule has 0 N–H and O–H groups in total. The first-order valence-electron chi connectivity index (χ1n) is 9.77. The third-order valence-corrected chi connectivity index (χ3v) is 5.77. The second-order valence-electron chi connectivity index (χ2n) is 7.34. The number of methoxy groups -OCH3 is 1. The zero-order valence-corrected chi connectivity index (χ0v) is 16.6. The van der Waals surface area contributed by atoms with Crippen LogP contribution in [0.15, 0.2) is 60.7 Å². The molecule has 0 saturated carbocycles. The quantitative estimate of drug-likeness (QED) is 0.781. The van der Waals surface area contributed by atoms with Crippen LogP contribution in [-0.4, -0.2) is 54.6 Å². The summed E-state index contributed by atoms with van der Waals surface area (Å²) in [7, 11) is 1.62. The van der Waals surface area contributed by atoms with Crippen molar-refractivity contribution in [2.45, 2.75) is 31.9 Å². The van der Waals surface area contributed by atoms with Gasteiger partial charge in [0.1, 0.15) is 5.60 Å². The predicted molar refractivity (Wildman–Crippen MR) is 109 cm³/mol. The number of carbonyl (C=O) groups is 1. The Bertz CT molecular complexity index is 681. The first-order chi connectivity index (χ1) is 13.1. The molecule has 1 amide bonds. The predicted octanol–water partition coefficient (Wildman–Crippen LogP) is 3.74. The largest absolute Gasteiger partial charge is 0.369 e. The minimum atomic E-state index is -0.722. The Morgan fingerprint density at radius 3 is 1.85 bits per heavy atom. The van der Waals surface area contributed by atoms with Crippen LogP contribution in [-0.2, 0) is 9.53 Å². The summed E-state index contributed by atoms with van der Waals surface area (Å²) >= 11 is 0. The summed E-state index contributed by atoms with van der Waals surface area (Å²) in [6.07, 6.45) is 0.680. The summed E-state index contributed by atoms with van der Waals surface area (Å²) in [4.78, 5) is 17.3. The maximum absolute atomic E-state index is 12.9. The molecule has 4 nitrogen and oxygen atoms in total. The van der Waals surface area contributed by atoms with Crippen LogP contribution in [0.25, 0.3) is 0 Å². The number of ether oxygens (including phenoxy) is 1. The van der Waals surface area contributed by atoms with Gasteiger partial charge in [-0.05, 0) is 24.5 Å². The fourth-order valence-corrected chi connectivity index (χ4v) is 3.79. The summed E-state index contributed by atoms with van der Waals surface area (Å²) in [6, 6.07) is 21.5. The van der Waals surface area contributed by atoms with Crippen molar-refractivity contribution >= 4 is 5.91 Å². The molecule has 1 aliphatic rings. The van der Waals surface area contributed by atoms with Crippen molar-refractivity contribution in [3.63, 3.8) is 0 Å². The third-order valence-electron chi connectivity index (χ3n) is 5.77. The van der Waals surface area contributed by atoms with Gasteiger partial charge < -0.3 is 9.64 Å². The van der Waals surface area contributed by atoms with Gasteiger partial charge in [0.2, 0.25) is 0 Å². The van der Waals surface area contributed by atoms with Gasteiger partial charge in [0.25, 0.3) is 5.91 Å². The standard InChI is InChI=1S/C23H30N2O2/c1-4-23(2,27-3)22(26)25-17-15-24(16-18-25)21(19-11-7-5-8-12-19)20-13-9-6-10-14-20/h5-14,21H,4,15-18H2,1-3H3. The highest BCUT2D eigenvalue weighted by atomic mass is 16.5. The molecule has 0 aromatic heterocycles. The average Bonchev–Trinajstić information content (AvgIpc) is 2.75. The molecule has 0 radical (unpaired) electrons. The number of carbonyl (C=O) groups excluding carboxylic acids is 1. The Kier molecular flexibility index (Phi) is 6.30. The summed E-state index contributed by atoms with van der Waals surface area (Å²) in [5.74, 6) is 0.100. The summed E-state index contributed by atoms with van der Waals surface area (Å²) in [6.45, 7) is 7.05. The fourth-order valence-electron chi connectivity index (χ4n) is 3.79. The van der Waals surface area contributed by atoms with Gasteiger partial charge in [-0.2, -0.15) is 0 Å². The van der Waals surface area contributed by atoms with Crippen LogP contribution in [0.2, 0.25) is 0 Å². The van der Waals surface area contributed by atoms with Gasteiger partial charge in [0, 0.05) is 33.3 Å². The molecule has 2 aromatic rings. The van der Waals surface area contributed by atoms with E-state index < -0.39 is 5.60 Å². The summed E-state index contributed by atoms with van der Waals surface area (Å²) in [5.41, 5.74) is 1.86. The van der Waals surface area contributed by atoms with E-state index >= 15 is 0 Å². The van der Waals surface area contributed by atoms with Crippen molar-refractivity contribution in [2.24, 2.45) is 0 Å². The maximum atomic E-state index is 12.9. The molecule has 3 rings (SSSR count). The van der Waals surface area contributed by atoms with Gasteiger partial charge in [-0.25, -0.2) is 0 Å². The normalized spacial score (nSPS) is 17.7. The zero-order chi connectivity index (χ0) is 19.3. The number of rotatable bonds is 6. The Balaban J connectivity index is 1.77. The molecule has 1 heterocycles. The van der Waals surface area contributed by atoms with Crippen molar-refractivity contribution in [1.29, 1.82) is 0 Å². The van der Waals surface area contributed by atoms with Gasteiger partial charge in [-0.15, -0.1) is 0 Å². The highest BCUT2D eigenvalue weighted by Gasteiger charge is 2.37. The van der Waals surface area contributed by atoms with Crippen LogP contribution >= 0.6 is 0 Å². The lowest BCUT2D eigenvalue weighted by Crippen LogP contribution is -2.55.